The minimum absolute atomic E-state index is 0.0608. The second-order valence-corrected chi connectivity index (χ2v) is 5.89. The third-order valence-electron chi connectivity index (χ3n) is 3.57. The molecule has 0 unspecified atom stereocenters. The molecule has 8 heteroatoms. The van der Waals surface area contributed by atoms with Crippen LogP contribution in [-0.2, 0) is 12.1 Å². The molecular formula is C16H18N6O2. The number of aromatic nitrogens is 5. The first-order valence-electron chi connectivity index (χ1n) is 7.38. The smallest absolute Gasteiger partial charge is 0.278 e. The molecule has 0 saturated heterocycles. The Morgan fingerprint density at radius 3 is 2.79 bits per heavy atom. The summed E-state index contributed by atoms with van der Waals surface area (Å²) in [4.78, 5) is 25.1. The van der Waals surface area contributed by atoms with Crippen LogP contribution in [0.3, 0.4) is 0 Å². The van der Waals surface area contributed by atoms with Crippen LogP contribution in [0, 0.1) is 0 Å². The predicted octanol–water partition coefficient (Wildman–Crippen LogP) is 0.973. The number of allylic oxidation sites excluding steroid dienone is 1. The van der Waals surface area contributed by atoms with E-state index in [4.69, 9.17) is 5.73 Å². The molecule has 3 N–H and O–H groups in total. The van der Waals surface area contributed by atoms with Crippen LogP contribution in [0.4, 0.5) is 5.95 Å². The van der Waals surface area contributed by atoms with Gasteiger partial charge in [-0.2, -0.15) is 4.98 Å². The molecule has 0 radical (unpaired) electrons. The lowest BCUT2D eigenvalue weighted by molar-refractivity contribution is 0.0738. The summed E-state index contributed by atoms with van der Waals surface area (Å²) in [5.41, 5.74) is 5.13. The molecule has 3 rings (SSSR count). The third-order valence-corrected chi connectivity index (χ3v) is 3.57. The monoisotopic (exact) mass is 326 g/mol. The number of pyridine rings is 1. The van der Waals surface area contributed by atoms with Gasteiger partial charge in [0.1, 0.15) is 11.0 Å². The van der Waals surface area contributed by atoms with E-state index < -0.39 is 5.60 Å². The first kappa shape index (κ1) is 15.9. The highest BCUT2D eigenvalue weighted by Gasteiger charge is 2.21. The van der Waals surface area contributed by atoms with Gasteiger partial charge in [0.25, 0.3) is 5.56 Å². The Labute approximate surface area is 137 Å². The van der Waals surface area contributed by atoms with Crippen LogP contribution in [0.1, 0.15) is 19.5 Å². The van der Waals surface area contributed by atoms with Crippen molar-refractivity contribution in [2.24, 2.45) is 0 Å². The van der Waals surface area contributed by atoms with Crippen molar-refractivity contribution in [3.63, 3.8) is 0 Å². The average Bonchev–Trinajstić information content (AvgIpc) is 2.79. The highest BCUT2D eigenvalue weighted by Crippen LogP contribution is 2.20. The zero-order chi connectivity index (χ0) is 17.5. The molecule has 3 heterocycles. The molecule has 0 atom stereocenters. The van der Waals surface area contributed by atoms with Crippen LogP contribution in [0.25, 0.3) is 16.9 Å². The van der Waals surface area contributed by atoms with Gasteiger partial charge in [-0.05, 0) is 26.0 Å². The third kappa shape index (κ3) is 2.56. The maximum atomic E-state index is 12.6. The van der Waals surface area contributed by atoms with Crippen LogP contribution in [0.15, 0.2) is 41.8 Å². The lowest BCUT2D eigenvalue weighted by atomic mass is 10.1. The minimum Gasteiger partial charge on any atom is -0.384 e. The van der Waals surface area contributed by atoms with Crippen molar-refractivity contribution in [2.75, 3.05) is 5.73 Å². The van der Waals surface area contributed by atoms with Crippen LogP contribution < -0.4 is 11.3 Å². The van der Waals surface area contributed by atoms with Gasteiger partial charge >= 0.3 is 0 Å². The van der Waals surface area contributed by atoms with Crippen molar-refractivity contribution in [2.45, 2.75) is 26.0 Å². The standard InChI is InChI=1S/C16H18N6O2/c1-4-8-21-14(23)10-9-18-15(17)20-13(10)22(21)12-7-5-6-11(19-12)16(2,3)24/h4-7,9,24H,1,8H2,2-3H3,(H2,17,18,20). The summed E-state index contributed by atoms with van der Waals surface area (Å²) in [5.74, 6) is 0.507. The zero-order valence-electron chi connectivity index (χ0n) is 13.5. The number of hydrogen-bond acceptors (Lipinski definition) is 6. The van der Waals surface area contributed by atoms with E-state index in [1.807, 2.05) is 0 Å². The van der Waals surface area contributed by atoms with Crippen molar-refractivity contribution < 1.29 is 5.11 Å². The molecule has 8 nitrogen and oxygen atoms in total. The van der Waals surface area contributed by atoms with Crippen molar-refractivity contribution in [3.8, 4) is 5.82 Å². The number of rotatable bonds is 4. The summed E-state index contributed by atoms with van der Waals surface area (Å²) in [6, 6.07) is 5.20. The van der Waals surface area contributed by atoms with E-state index in [-0.39, 0.29) is 18.1 Å². The van der Waals surface area contributed by atoms with Gasteiger partial charge in [-0.25, -0.2) is 19.3 Å². The molecule has 124 valence electrons. The SMILES string of the molecule is C=CCn1c(=O)c2cnc(N)nc2n1-c1cccc(C(C)(C)O)n1. The predicted molar refractivity (Wildman–Crippen MR) is 90.8 cm³/mol. The summed E-state index contributed by atoms with van der Waals surface area (Å²) in [7, 11) is 0. The zero-order valence-corrected chi connectivity index (χ0v) is 13.5. The van der Waals surface area contributed by atoms with Crippen molar-refractivity contribution in [1.29, 1.82) is 0 Å². The van der Waals surface area contributed by atoms with E-state index in [1.165, 1.54) is 10.9 Å². The van der Waals surface area contributed by atoms with E-state index in [0.717, 1.165) is 0 Å². The summed E-state index contributed by atoms with van der Waals surface area (Å²) in [6.07, 6.45) is 3.00. The van der Waals surface area contributed by atoms with Gasteiger partial charge in [0, 0.05) is 6.20 Å². The van der Waals surface area contributed by atoms with Crippen molar-refractivity contribution in [1.82, 2.24) is 24.3 Å². The van der Waals surface area contributed by atoms with Crippen molar-refractivity contribution >= 4 is 17.0 Å². The van der Waals surface area contributed by atoms with Gasteiger partial charge in [0.2, 0.25) is 5.95 Å². The Morgan fingerprint density at radius 1 is 1.38 bits per heavy atom. The Kier molecular flexibility index (Phi) is 3.69. The number of fused-ring (bicyclic) bond motifs is 1. The van der Waals surface area contributed by atoms with E-state index in [0.29, 0.717) is 22.5 Å². The quantitative estimate of drug-likeness (QED) is 0.691. The van der Waals surface area contributed by atoms with E-state index >= 15 is 0 Å². The molecule has 0 aliphatic carbocycles. The number of hydrogen-bond donors (Lipinski definition) is 2. The van der Waals surface area contributed by atoms with Crippen LogP contribution >= 0.6 is 0 Å². The van der Waals surface area contributed by atoms with Crippen molar-refractivity contribution in [3.05, 3.63) is 53.1 Å². The molecule has 3 aromatic rings. The summed E-state index contributed by atoms with van der Waals surface area (Å²) < 4.78 is 3.01. The first-order chi connectivity index (χ1) is 11.3. The molecule has 0 aliphatic rings. The fraction of sp³-hybridized carbons (Fsp3) is 0.250. The van der Waals surface area contributed by atoms with E-state index in [2.05, 4.69) is 21.5 Å². The number of nitrogen functional groups attached to an aromatic ring is 1. The second-order valence-electron chi connectivity index (χ2n) is 5.89. The molecule has 0 amide bonds. The van der Waals surface area contributed by atoms with Crippen LogP contribution in [0.5, 0.6) is 0 Å². The minimum atomic E-state index is -1.11. The highest BCUT2D eigenvalue weighted by molar-refractivity contribution is 5.76. The maximum absolute atomic E-state index is 12.6. The number of anilines is 1. The highest BCUT2D eigenvalue weighted by atomic mass is 16.3. The molecule has 0 saturated carbocycles. The van der Waals surface area contributed by atoms with Crippen LogP contribution in [0.2, 0.25) is 0 Å². The normalized spacial score (nSPS) is 11.8. The summed E-state index contributed by atoms with van der Waals surface area (Å²) >= 11 is 0. The number of aliphatic hydroxyl groups is 1. The van der Waals surface area contributed by atoms with Gasteiger partial charge in [-0.3, -0.25) is 4.79 Å². The summed E-state index contributed by atoms with van der Waals surface area (Å²) in [6.45, 7) is 7.24. The Morgan fingerprint density at radius 2 is 2.12 bits per heavy atom. The molecule has 0 aromatic carbocycles. The number of nitrogens with two attached hydrogens (primary N) is 1. The van der Waals surface area contributed by atoms with Gasteiger partial charge in [0.05, 0.1) is 12.2 Å². The molecule has 0 spiro atoms. The summed E-state index contributed by atoms with van der Waals surface area (Å²) in [5, 5.41) is 10.5. The fourth-order valence-corrected chi connectivity index (χ4v) is 2.44. The fourth-order valence-electron chi connectivity index (χ4n) is 2.44. The Bertz CT molecular complexity index is 980. The maximum Gasteiger partial charge on any atom is 0.278 e. The molecule has 0 bridgehead atoms. The molecule has 0 aliphatic heterocycles. The first-order valence-corrected chi connectivity index (χ1v) is 7.38. The second kappa shape index (κ2) is 5.57. The molecule has 24 heavy (non-hydrogen) atoms. The Hall–Kier alpha value is -3.00. The Balaban J connectivity index is 2.36. The van der Waals surface area contributed by atoms with Gasteiger partial charge in [-0.1, -0.05) is 12.1 Å². The number of nitrogens with zero attached hydrogens (tertiary/aromatic N) is 5. The lowest BCUT2D eigenvalue weighted by Crippen LogP contribution is -2.23. The van der Waals surface area contributed by atoms with Crippen LogP contribution in [-0.4, -0.2) is 29.4 Å². The molecule has 0 fully saturated rings. The van der Waals surface area contributed by atoms with Gasteiger partial charge in [0.15, 0.2) is 11.5 Å². The average molecular weight is 326 g/mol. The topological polar surface area (TPSA) is 112 Å². The lowest BCUT2D eigenvalue weighted by Gasteiger charge is -2.18. The van der Waals surface area contributed by atoms with Gasteiger partial charge in [-0.15, -0.1) is 6.58 Å². The molecular weight excluding hydrogens is 308 g/mol. The van der Waals surface area contributed by atoms with Gasteiger partial charge < -0.3 is 10.8 Å². The van der Waals surface area contributed by atoms with E-state index in [1.54, 1.807) is 42.8 Å². The molecule has 3 aromatic heterocycles. The van der Waals surface area contributed by atoms with E-state index in [9.17, 15) is 9.90 Å². The largest absolute Gasteiger partial charge is 0.384 e.